The van der Waals surface area contributed by atoms with Crippen LogP contribution in [0.2, 0.25) is 5.02 Å². The molecule has 1 fully saturated rings. The quantitative estimate of drug-likeness (QED) is 0.589. The molecule has 5 rings (SSSR count). The van der Waals surface area contributed by atoms with Crippen LogP contribution >= 0.6 is 11.6 Å². The largest absolute Gasteiger partial charge is 0.455 e. The fourth-order valence-corrected chi connectivity index (χ4v) is 3.69. The van der Waals surface area contributed by atoms with Crippen LogP contribution in [0.3, 0.4) is 0 Å². The lowest BCUT2D eigenvalue weighted by Gasteiger charge is -2.23. The first kappa shape index (κ1) is 15.2. The summed E-state index contributed by atoms with van der Waals surface area (Å²) in [6.07, 6.45) is 2.48. The number of cyclic esters (lactones) is 1. The summed E-state index contributed by atoms with van der Waals surface area (Å²) in [5.41, 5.74) is 2.29. The number of hydrogen-bond donors (Lipinski definition) is 0. The number of para-hydroxylation sites is 1. The fraction of sp³-hybridized carbons (Fsp3) is 0.100. The number of amides is 1. The molecule has 2 atom stereocenters. The van der Waals surface area contributed by atoms with Gasteiger partial charge in [-0.2, -0.15) is 0 Å². The number of fused-ring (bicyclic) bond motifs is 5. The van der Waals surface area contributed by atoms with Crippen molar-refractivity contribution in [3.8, 4) is 11.5 Å². The van der Waals surface area contributed by atoms with Gasteiger partial charge in [-0.05, 0) is 30.3 Å². The van der Waals surface area contributed by atoms with Gasteiger partial charge in [0.25, 0.3) is 0 Å². The predicted octanol–water partition coefficient (Wildman–Crippen LogP) is 5.28. The highest BCUT2D eigenvalue weighted by Gasteiger charge is 2.48. The van der Waals surface area contributed by atoms with Gasteiger partial charge >= 0.3 is 6.09 Å². The fourth-order valence-electron chi connectivity index (χ4n) is 3.53. The van der Waals surface area contributed by atoms with Crippen LogP contribution in [0.5, 0.6) is 11.5 Å². The minimum Gasteiger partial charge on any atom is -0.455 e. The summed E-state index contributed by atoms with van der Waals surface area (Å²) in [5.74, 6) is 1.25. The summed E-state index contributed by atoms with van der Waals surface area (Å²) in [5, 5.41) is 0.523. The number of nitrogens with zero attached hydrogens (tertiary/aromatic N) is 2. The summed E-state index contributed by atoms with van der Waals surface area (Å²) in [7, 11) is 0. The summed E-state index contributed by atoms with van der Waals surface area (Å²) in [4.78, 5) is 18.6. The molecule has 2 unspecified atom stereocenters. The van der Waals surface area contributed by atoms with E-state index in [2.05, 4.69) is 4.98 Å². The van der Waals surface area contributed by atoms with Gasteiger partial charge in [-0.25, -0.2) is 4.79 Å². The lowest BCUT2D eigenvalue weighted by Crippen LogP contribution is -2.27. The van der Waals surface area contributed by atoms with Crippen LogP contribution in [0.4, 0.5) is 10.5 Å². The van der Waals surface area contributed by atoms with Crippen LogP contribution in [0.25, 0.3) is 0 Å². The molecule has 0 radical (unpaired) electrons. The molecule has 0 spiro atoms. The number of ether oxygens (including phenoxy) is 2. The summed E-state index contributed by atoms with van der Waals surface area (Å²) in [6, 6.07) is 16.3. The van der Waals surface area contributed by atoms with Gasteiger partial charge in [0, 0.05) is 28.5 Å². The zero-order valence-electron chi connectivity index (χ0n) is 13.5. The van der Waals surface area contributed by atoms with Crippen LogP contribution in [0, 0.1) is 0 Å². The number of carbonyl (C=O) groups is 1. The Hall–Kier alpha value is -3.05. The van der Waals surface area contributed by atoms with E-state index >= 15 is 0 Å². The van der Waals surface area contributed by atoms with Crippen molar-refractivity contribution >= 4 is 23.4 Å². The third-order valence-corrected chi connectivity index (χ3v) is 4.88. The van der Waals surface area contributed by atoms with Crippen molar-refractivity contribution in [1.82, 2.24) is 4.98 Å². The van der Waals surface area contributed by atoms with Gasteiger partial charge in [0.15, 0.2) is 11.9 Å². The van der Waals surface area contributed by atoms with Crippen molar-refractivity contribution in [2.75, 3.05) is 4.90 Å². The van der Waals surface area contributed by atoms with Gasteiger partial charge in [0.1, 0.15) is 11.8 Å². The lowest BCUT2D eigenvalue weighted by atomic mass is 9.95. The van der Waals surface area contributed by atoms with E-state index in [0.717, 1.165) is 11.1 Å². The Kier molecular flexibility index (Phi) is 3.36. The number of pyridine rings is 1. The Bertz CT molecular complexity index is 1010. The highest BCUT2D eigenvalue weighted by molar-refractivity contribution is 6.31. The molecule has 1 amide bonds. The minimum absolute atomic E-state index is 0.373. The third-order valence-electron chi connectivity index (χ3n) is 4.64. The third kappa shape index (κ3) is 2.24. The molecule has 0 aliphatic carbocycles. The smallest absolute Gasteiger partial charge is 0.415 e. The maximum Gasteiger partial charge on any atom is 0.415 e. The van der Waals surface area contributed by atoms with Gasteiger partial charge < -0.3 is 9.47 Å². The maximum atomic E-state index is 12.8. The molecule has 0 bridgehead atoms. The van der Waals surface area contributed by atoms with E-state index in [0.29, 0.717) is 22.2 Å². The van der Waals surface area contributed by atoms with Crippen molar-refractivity contribution in [1.29, 1.82) is 0 Å². The van der Waals surface area contributed by atoms with Gasteiger partial charge in [-0.15, -0.1) is 0 Å². The predicted molar refractivity (Wildman–Crippen MR) is 96.6 cm³/mol. The Morgan fingerprint density at radius 2 is 1.92 bits per heavy atom. The molecule has 0 saturated carbocycles. The topological polar surface area (TPSA) is 51.7 Å². The highest BCUT2D eigenvalue weighted by atomic mass is 35.5. The number of anilines is 1. The van der Waals surface area contributed by atoms with Gasteiger partial charge in [-0.3, -0.25) is 9.88 Å². The van der Waals surface area contributed by atoms with Crippen molar-refractivity contribution in [3.05, 3.63) is 83.1 Å². The molecule has 26 heavy (non-hydrogen) atoms. The molecule has 2 aromatic carbocycles. The number of carbonyl (C=O) groups excluding carboxylic acids is 1. The number of halogens is 1. The molecule has 2 aliphatic rings. The van der Waals surface area contributed by atoms with Crippen LogP contribution in [-0.2, 0) is 4.74 Å². The summed E-state index contributed by atoms with van der Waals surface area (Å²) < 4.78 is 11.9. The number of benzene rings is 2. The number of hydrogen-bond acceptors (Lipinski definition) is 4. The molecule has 1 aromatic heterocycles. The van der Waals surface area contributed by atoms with Gasteiger partial charge in [0.2, 0.25) is 0 Å². The minimum atomic E-state index is -0.495. The highest BCUT2D eigenvalue weighted by Crippen LogP contribution is 2.53. The molecule has 1 saturated heterocycles. The molecule has 5 nitrogen and oxygen atoms in total. The van der Waals surface area contributed by atoms with Crippen LogP contribution in [-0.4, -0.2) is 11.1 Å². The van der Waals surface area contributed by atoms with E-state index in [1.807, 2.05) is 36.4 Å². The number of rotatable bonds is 1. The van der Waals surface area contributed by atoms with Crippen molar-refractivity contribution in [3.63, 3.8) is 0 Å². The first-order valence-corrected chi connectivity index (χ1v) is 8.56. The zero-order valence-corrected chi connectivity index (χ0v) is 14.3. The molecule has 0 N–H and O–H groups in total. The second-order valence-corrected chi connectivity index (χ2v) is 6.59. The van der Waals surface area contributed by atoms with E-state index in [1.54, 1.807) is 35.5 Å². The van der Waals surface area contributed by atoms with Crippen molar-refractivity contribution < 1.29 is 14.3 Å². The lowest BCUT2D eigenvalue weighted by molar-refractivity contribution is 0.132. The van der Waals surface area contributed by atoms with Crippen molar-refractivity contribution in [2.24, 2.45) is 0 Å². The summed E-state index contributed by atoms with van der Waals surface area (Å²) in [6.45, 7) is 0. The van der Waals surface area contributed by atoms with E-state index in [1.165, 1.54) is 0 Å². The Labute approximate surface area is 154 Å². The zero-order chi connectivity index (χ0) is 17.7. The molecular formula is C20H13ClN2O3. The van der Waals surface area contributed by atoms with E-state index < -0.39 is 12.2 Å². The van der Waals surface area contributed by atoms with Crippen LogP contribution in [0.1, 0.15) is 23.3 Å². The standard InChI is InChI=1S/C20H13ClN2O3/c21-13-7-8-17-15(10-13)23-18(14-5-1-2-6-16(14)25-17)19(26-20(23)24)12-4-3-9-22-11-12/h1-11,18-19H. The number of aromatic nitrogens is 1. The van der Waals surface area contributed by atoms with Crippen LogP contribution < -0.4 is 9.64 Å². The van der Waals surface area contributed by atoms with Gasteiger partial charge in [-0.1, -0.05) is 35.9 Å². The summed E-state index contributed by atoms with van der Waals surface area (Å²) >= 11 is 6.19. The molecular weight excluding hydrogens is 352 g/mol. The van der Waals surface area contributed by atoms with Gasteiger partial charge in [0.05, 0.1) is 5.69 Å². The SMILES string of the molecule is O=C1OC(c2cccnc2)C2c3ccccc3Oc3ccc(Cl)cc3N12. The van der Waals surface area contributed by atoms with Crippen LogP contribution in [0.15, 0.2) is 67.0 Å². The average Bonchev–Trinajstić information content (AvgIpc) is 2.93. The molecule has 6 heteroatoms. The first-order chi connectivity index (χ1) is 12.7. The Morgan fingerprint density at radius 3 is 2.77 bits per heavy atom. The molecule has 3 aromatic rings. The average molecular weight is 365 g/mol. The van der Waals surface area contributed by atoms with Crippen molar-refractivity contribution in [2.45, 2.75) is 12.1 Å². The monoisotopic (exact) mass is 364 g/mol. The molecule has 128 valence electrons. The first-order valence-electron chi connectivity index (χ1n) is 8.18. The van der Waals surface area contributed by atoms with E-state index in [4.69, 9.17) is 21.1 Å². The molecule has 2 aliphatic heterocycles. The normalized spacial score (nSPS) is 20.3. The molecule has 3 heterocycles. The van der Waals surface area contributed by atoms with E-state index in [-0.39, 0.29) is 6.04 Å². The Morgan fingerprint density at radius 1 is 1.04 bits per heavy atom. The van der Waals surface area contributed by atoms with E-state index in [9.17, 15) is 4.79 Å². The maximum absolute atomic E-state index is 12.8. The second kappa shape index (κ2) is 5.75. The Balaban J connectivity index is 1.76. The second-order valence-electron chi connectivity index (χ2n) is 6.16.